The summed E-state index contributed by atoms with van der Waals surface area (Å²) in [6.07, 6.45) is 0.882. The van der Waals surface area contributed by atoms with Crippen molar-refractivity contribution in [3.8, 4) is 0 Å². The summed E-state index contributed by atoms with van der Waals surface area (Å²) in [5, 5.41) is 5.72. The third-order valence-corrected chi connectivity index (χ3v) is 3.19. The van der Waals surface area contributed by atoms with E-state index in [1.165, 1.54) is 0 Å². The van der Waals surface area contributed by atoms with Gasteiger partial charge in [0.15, 0.2) is 0 Å². The first kappa shape index (κ1) is 12.4. The number of rotatable bonds is 2. The van der Waals surface area contributed by atoms with Crippen LogP contribution in [0.4, 0.5) is 10.5 Å². The summed E-state index contributed by atoms with van der Waals surface area (Å²) < 4.78 is 6.20. The van der Waals surface area contributed by atoms with Gasteiger partial charge in [0.25, 0.3) is 0 Å². The SMILES string of the molecule is Cc1cc(Br)ccc1NC(=O)NC1CCOC1. The Balaban J connectivity index is 1.93. The minimum atomic E-state index is -0.175. The second-order valence-corrected chi connectivity index (χ2v) is 5.03. The van der Waals surface area contributed by atoms with E-state index in [1.54, 1.807) is 0 Å². The minimum Gasteiger partial charge on any atom is -0.379 e. The molecule has 0 saturated carbocycles. The molecule has 1 fully saturated rings. The molecule has 1 unspecified atom stereocenters. The highest BCUT2D eigenvalue weighted by Gasteiger charge is 2.17. The van der Waals surface area contributed by atoms with Crippen molar-refractivity contribution < 1.29 is 9.53 Å². The van der Waals surface area contributed by atoms with Crippen LogP contribution in [0.1, 0.15) is 12.0 Å². The van der Waals surface area contributed by atoms with Crippen LogP contribution in [-0.2, 0) is 4.74 Å². The summed E-state index contributed by atoms with van der Waals surface area (Å²) in [7, 11) is 0. The molecular weight excluding hydrogens is 284 g/mol. The lowest BCUT2D eigenvalue weighted by atomic mass is 10.2. The van der Waals surface area contributed by atoms with Crippen LogP contribution in [-0.4, -0.2) is 25.3 Å². The van der Waals surface area contributed by atoms with Crippen LogP contribution in [0, 0.1) is 6.92 Å². The number of hydrogen-bond donors (Lipinski definition) is 2. The first-order valence-electron chi connectivity index (χ1n) is 5.56. The maximum Gasteiger partial charge on any atom is 0.319 e. The lowest BCUT2D eigenvalue weighted by molar-refractivity contribution is 0.189. The van der Waals surface area contributed by atoms with Gasteiger partial charge in [0.1, 0.15) is 0 Å². The van der Waals surface area contributed by atoms with Gasteiger partial charge >= 0.3 is 6.03 Å². The Morgan fingerprint density at radius 1 is 1.53 bits per heavy atom. The van der Waals surface area contributed by atoms with E-state index in [0.29, 0.717) is 6.61 Å². The van der Waals surface area contributed by atoms with E-state index in [9.17, 15) is 4.79 Å². The van der Waals surface area contributed by atoms with Crippen molar-refractivity contribution in [2.75, 3.05) is 18.5 Å². The number of benzene rings is 1. The second-order valence-electron chi connectivity index (χ2n) is 4.12. The number of anilines is 1. The number of amides is 2. The standard InChI is InChI=1S/C12H15BrN2O2/c1-8-6-9(13)2-3-11(8)15-12(16)14-10-4-5-17-7-10/h2-3,6,10H,4-5,7H2,1H3,(H2,14,15,16). The normalized spacial score (nSPS) is 19.1. The van der Waals surface area contributed by atoms with Crippen molar-refractivity contribution in [3.05, 3.63) is 28.2 Å². The maximum atomic E-state index is 11.7. The average Bonchev–Trinajstić information content (AvgIpc) is 2.75. The molecule has 1 aliphatic heterocycles. The zero-order chi connectivity index (χ0) is 12.3. The molecule has 1 heterocycles. The molecule has 0 bridgehead atoms. The van der Waals surface area contributed by atoms with Crippen LogP contribution in [0.2, 0.25) is 0 Å². The molecule has 2 N–H and O–H groups in total. The summed E-state index contributed by atoms with van der Waals surface area (Å²) in [5.41, 5.74) is 1.85. The number of halogens is 1. The predicted octanol–water partition coefficient (Wildman–Crippen LogP) is 2.67. The largest absolute Gasteiger partial charge is 0.379 e. The van der Waals surface area contributed by atoms with Crippen LogP contribution in [0.25, 0.3) is 0 Å². The van der Waals surface area contributed by atoms with Crippen LogP contribution < -0.4 is 10.6 Å². The Morgan fingerprint density at radius 2 is 2.35 bits per heavy atom. The summed E-state index contributed by atoms with van der Waals surface area (Å²) in [6.45, 7) is 3.29. The van der Waals surface area contributed by atoms with Crippen LogP contribution in [0.5, 0.6) is 0 Å². The molecule has 0 spiro atoms. The summed E-state index contributed by atoms with van der Waals surface area (Å²) >= 11 is 3.39. The quantitative estimate of drug-likeness (QED) is 0.882. The summed E-state index contributed by atoms with van der Waals surface area (Å²) in [6, 6.07) is 5.70. The lowest BCUT2D eigenvalue weighted by Gasteiger charge is -2.13. The number of ether oxygens (including phenoxy) is 1. The summed E-state index contributed by atoms with van der Waals surface area (Å²) in [4.78, 5) is 11.7. The van der Waals surface area contributed by atoms with E-state index < -0.39 is 0 Å². The molecule has 2 rings (SSSR count). The Morgan fingerprint density at radius 3 is 3.00 bits per heavy atom. The zero-order valence-corrected chi connectivity index (χ0v) is 11.2. The van der Waals surface area contributed by atoms with E-state index in [-0.39, 0.29) is 12.1 Å². The average molecular weight is 299 g/mol. The third-order valence-electron chi connectivity index (χ3n) is 2.70. The van der Waals surface area contributed by atoms with Gasteiger partial charge in [-0.2, -0.15) is 0 Å². The molecule has 17 heavy (non-hydrogen) atoms. The first-order chi connectivity index (χ1) is 8.15. The van der Waals surface area contributed by atoms with Gasteiger partial charge < -0.3 is 15.4 Å². The van der Waals surface area contributed by atoms with Gasteiger partial charge in [0, 0.05) is 16.8 Å². The van der Waals surface area contributed by atoms with Crippen LogP contribution >= 0.6 is 15.9 Å². The summed E-state index contributed by atoms with van der Waals surface area (Å²) in [5.74, 6) is 0. The molecular formula is C12H15BrN2O2. The van der Waals surface area contributed by atoms with Gasteiger partial charge in [-0.3, -0.25) is 0 Å². The Kier molecular flexibility index (Phi) is 4.02. The van der Waals surface area contributed by atoms with Gasteiger partial charge in [-0.1, -0.05) is 15.9 Å². The number of urea groups is 1. The topological polar surface area (TPSA) is 50.4 Å². The van der Waals surface area contributed by atoms with Crippen molar-refractivity contribution in [1.29, 1.82) is 0 Å². The fourth-order valence-corrected chi connectivity index (χ4v) is 2.24. The smallest absolute Gasteiger partial charge is 0.319 e. The molecule has 2 amide bonds. The molecule has 0 radical (unpaired) electrons. The van der Waals surface area contributed by atoms with Crippen LogP contribution in [0.15, 0.2) is 22.7 Å². The molecule has 1 aromatic rings. The number of carbonyl (C=O) groups excluding carboxylic acids is 1. The van der Waals surface area contributed by atoms with Crippen LogP contribution in [0.3, 0.4) is 0 Å². The Bertz CT molecular complexity index is 417. The van der Waals surface area contributed by atoms with Gasteiger partial charge in [-0.25, -0.2) is 4.79 Å². The molecule has 1 aromatic carbocycles. The van der Waals surface area contributed by atoms with Crippen molar-refractivity contribution >= 4 is 27.6 Å². The van der Waals surface area contributed by atoms with Crippen molar-refractivity contribution in [3.63, 3.8) is 0 Å². The van der Waals surface area contributed by atoms with E-state index >= 15 is 0 Å². The number of carbonyl (C=O) groups is 1. The third kappa shape index (κ3) is 3.44. The van der Waals surface area contributed by atoms with Gasteiger partial charge in [-0.15, -0.1) is 0 Å². The number of nitrogens with one attached hydrogen (secondary N) is 2. The fourth-order valence-electron chi connectivity index (χ4n) is 1.76. The zero-order valence-electron chi connectivity index (χ0n) is 9.63. The van der Waals surface area contributed by atoms with Crippen molar-refractivity contribution in [1.82, 2.24) is 5.32 Å². The monoisotopic (exact) mass is 298 g/mol. The molecule has 1 aliphatic rings. The Labute approximate surface area is 109 Å². The van der Waals surface area contributed by atoms with Gasteiger partial charge in [0.05, 0.1) is 12.6 Å². The molecule has 0 aromatic heterocycles. The molecule has 4 nitrogen and oxygen atoms in total. The number of aryl methyl sites for hydroxylation is 1. The predicted molar refractivity (Wildman–Crippen MR) is 70.3 cm³/mol. The second kappa shape index (κ2) is 5.51. The van der Waals surface area contributed by atoms with E-state index in [2.05, 4.69) is 26.6 Å². The molecule has 1 atom stereocenters. The Hall–Kier alpha value is -1.07. The highest BCUT2D eigenvalue weighted by atomic mass is 79.9. The molecule has 92 valence electrons. The minimum absolute atomic E-state index is 0.130. The first-order valence-corrected chi connectivity index (χ1v) is 6.36. The lowest BCUT2D eigenvalue weighted by Crippen LogP contribution is -2.38. The maximum absolute atomic E-state index is 11.7. The van der Waals surface area contributed by atoms with Gasteiger partial charge in [-0.05, 0) is 37.1 Å². The van der Waals surface area contributed by atoms with Gasteiger partial charge in [0.2, 0.25) is 0 Å². The van der Waals surface area contributed by atoms with E-state index in [1.807, 2.05) is 25.1 Å². The number of hydrogen-bond acceptors (Lipinski definition) is 2. The van der Waals surface area contributed by atoms with E-state index in [4.69, 9.17) is 4.74 Å². The highest BCUT2D eigenvalue weighted by molar-refractivity contribution is 9.10. The van der Waals surface area contributed by atoms with Crippen molar-refractivity contribution in [2.24, 2.45) is 0 Å². The molecule has 1 saturated heterocycles. The van der Waals surface area contributed by atoms with Crippen molar-refractivity contribution in [2.45, 2.75) is 19.4 Å². The molecule has 0 aliphatic carbocycles. The fraction of sp³-hybridized carbons (Fsp3) is 0.417. The molecule has 5 heteroatoms. The van der Waals surface area contributed by atoms with E-state index in [0.717, 1.165) is 28.8 Å². The highest BCUT2D eigenvalue weighted by Crippen LogP contribution is 2.19.